The van der Waals surface area contributed by atoms with Crippen molar-refractivity contribution in [2.24, 2.45) is 0 Å². The van der Waals surface area contributed by atoms with Crippen LogP contribution in [0.25, 0.3) is 0 Å². The van der Waals surface area contributed by atoms with Crippen LogP contribution in [0.1, 0.15) is 63.9 Å². The van der Waals surface area contributed by atoms with E-state index in [0.29, 0.717) is 0 Å². The van der Waals surface area contributed by atoms with Gasteiger partial charge in [-0.15, -0.1) is 20.3 Å². The minimum absolute atomic E-state index is 0. The second-order valence-electron chi connectivity index (χ2n) is 6.22. The van der Waals surface area contributed by atoms with Crippen LogP contribution < -0.4 is 0 Å². The van der Waals surface area contributed by atoms with Crippen molar-refractivity contribution in [1.82, 2.24) is 0 Å². The Morgan fingerprint density at radius 1 is 0.857 bits per heavy atom. The molecule has 0 radical (unpaired) electrons. The van der Waals surface area contributed by atoms with Crippen LogP contribution in [0.15, 0.2) is 30.3 Å². The van der Waals surface area contributed by atoms with Crippen LogP contribution in [0.5, 0.6) is 0 Å². The summed E-state index contributed by atoms with van der Waals surface area (Å²) in [5.41, 5.74) is 2.44. The van der Waals surface area contributed by atoms with Gasteiger partial charge in [0, 0.05) is 0 Å². The molecule has 0 bridgehead atoms. The second-order valence-corrected chi connectivity index (χ2v) is 8.87. The first-order chi connectivity index (χ1) is 9.74. The van der Waals surface area contributed by atoms with E-state index in [1.165, 1.54) is 63.4 Å². The molecule has 2 heteroatoms. The molecule has 0 nitrogen and oxygen atoms in total. The average molecular weight is 329 g/mol. The summed E-state index contributed by atoms with van der Waals surface area (Å²) >= 11 is 0. The highest BCUT2D eigenvalue weighted by molar-refractivity contribution is 7.56. The molecule has 0 heterocycles. The molecule has 0 spiro atoms. The molecule has 1 aromatic rings. The monoisotopic (exact) mass is 328 g/mol. The van der Waals surface area contributed by atoms with Gasteiger partial charge in [-0.05, 0) is 37.4 Å². The summed E-state index contributed by atoms with van der Waals surface area (Å²) in [5, 5.41) is 0. The van der Waals surface area contributed by atoms with Crippen LogP contribution in [0, 0.1) is 0 Å². The van der Waals surface area contributed by atoms with E-state index >= 15 is 0 Å². The van der Waals surface area contributed by atoms with Crippen LogP contribution in [0.2, 0.25) is 0 Å². The molecule has 1 rings (SSSR count). The van der Waals surface area contributed by atoms with Crippen molar-refractivity contribution < 1.29 is 0 Å². The Morgan fingerprint density at radius 2 is 1.43 bits per heavy atom. The predicted octanol–water partition coefficient (Wildman–Crippen LogP) is 6.90. The molecule has 21 heavy (non-hydrogen) atoms. The first-order valence-electron chi connectivity index (χ1n) is 8.44. The van der Waals surface area contributed by atoms with Gasteiger partial charge < -0.3 is 0 Å². The zero-order valence-corrected chi connectivity index (χ0v) is 15.9. The van der Waals surface area contributed by atoms with Crippen LogP contribution in [-0.4, -0.2) is 19.0 Å². The molecule has 122 valence electrons. The van der Waals surface area contributed by atoms with Gasteiger partial charge in [0.1, 0.15) is 0 Å². The van der Waals surface area contributed by atoms with Gasteiger partial charge in [0.2, 0.25) is 0 Å². The molecule has 0 saturated heterocycles. The SMILES string of the molecule is CCCCCCCCCC(Cc1ccccc1)P(C)C.Cl. The topological polar surface area (TPSA) is 0 Å². The average Bonchev–Trinajstić information content (AvgIpc) is 2.46. The molecule has 0 fully saturated rings. The van der Waals surface area contributed by atoms with E-state index in [-0.39, 0.29) is 20.3 Å². The zero-order valence-electron chi connectivity index (χ0n) is 14.2. The molecule has 1 unspecified atom stereocenters. The van der Waals surface area contributed by atoms with Crippen LogP contribution in [0.4, 0.5) is 0 Å². The third-order valence-corrected chi connectivity index (χ3v) is 6.09. The van der Waals surface area contributed by atoms with E-state index in [1.54, 1.807) is 0 Å². The molecule has 0 saturated carbocycles. The highest BCUT2D eigenvalue weighted by Gasteiger charge is 2.13. The Balaban J connectivity index is 0.00000400. The summed E-state index contributed by atoms with van der Waals surface area (Å²) in [6.07, 6.45) is 12.7. The minimum Gasteiger partial charge on any atom is -0.147 e. The van der Waals surface area contributed by atoms with Gasteiger partial charge in [0.05, 0.1) is 0 Å². The molecule has 0 aliphatic rings. The van der Waals surface area contributed by atoms with Gasteiger partial charge in [-0.1, -0.05) is 82.2 Å². The largest absolute Gasteiger partial charge is 0.147 e. The third kappa shape index (κ3) is 10.3. The standard InChI is InChI=1S/C19H33P.ClH/c1-4-5-6-7-8-9-13-16-19(20(2)3)17-18-14-11-10-12-15-18;/h10-12,14-15,19H,4-9,13,16-17H2,1-3H3;1H. The van der Waals surface area contributed by atoms with E-state index in [0.717, 1.165) is 5.66 Å². The lowest BCUT2D eigenvalue weighted by Gasteiger charge is -2.21. The van der Waals surface area contributed by atoms with Crippen molar-refractivity contribution in [3.8, 4) is 0 Å². The van der Waals surface area contributed by atoms with E-state index in [4.69, 9.17) is 0 Å². The fourth-order valence-corrected chi connectivity index (χ4v) is 4.04. The number of benzene rings is 1. The quantitative estimate of drug-likeness (QED) is 0.306. The third-order valence-electron chi connectivity index (χ3n) is 4.19. The molecular formula is C19H34ClP. The highest BCUT2D eigenvalue weighted by atomic mass is 35.5. The van der Waals surface area contributed by atoms with Gasteiger partial charge in [0.25, 0.3) is 0 Å². The van der Waals surface area contributed by atoms with E-state index in [2.05, 4.69) is 50.6 Å². The number of halogens is 1. The van der Waals surface area contributed by atoms with Gasteiger partial charge in [-0.2, -0.15) is 0 Å². The highest BCUT2D eigenvalue weighted by Crippen LogP contribution is 2.37. The molecule has 0 aliphatic carbocycles. The Hall–Kier alpha value is -0.0600. The molecule has 1 atom stereocenters. The number of hydrogen-bond donors (Lipinski definition) is 0. The molecule has 1 aromatic carbocycles. The molecule has 0 amide bonds. The Bertz CT molecular complexity index is 324. The summed E-state index contributed by atoms with van der Waals surface area (Å²) in [6, 6.07) is 11.0. The van der Waals surface area contributed by atoms with Crippen molar-refractivity contribution in [3.63, 3.8) is 0 Å². The van der Waals surface area contributed by atoms with Crippen LogP contribution in [-0.2, 0) is 6.42 Å². The Morgan fingerprint density at radius 3 is 2.00 bits per heavy atom. The smallest absolute Gasteiger partial charge is 0.0174 e. The summed E-state index contributed by atoms with van der Waals surface area (Å²) in [5.74, 6) is 0. The first kappa shape index (κ1) is 20.9. The van der Waals surface area contributed by atoms with Crippen molar-refractivity contribution in [1.29, 1.82) is 0 Å². The predicted molar refractivity (Wildman–Crippen MR) is 103 cm³/mol. The maximum absolute atomic E-state index is 2.45. The molecule has 0 N–H and O–H groups in total. The van der Waals surface area contributed by atoms with E-state index in [1.807, 2.05) is 0 Å². The zero-order chi connectivity index (χ0) is 14.6. The molecule has 0 aromatic heterocycles. The molecule has 0 aliphatic heterocycles. The summed E-state index contributed by atoms with van der Waals surface area (Å²) < 4.78 is 0. The first-order valence-corrected chi connectivity index (χ1v) is 10.7. The summed E-state index contributed by atoms with van der Waals surface area (Å²) in [4.78, 5) is 0. The maximum atomic E-state index is 2.45. The van der Waals surface area contributed by atoms with Gasteiger partial charge in [-0.3, -0.25) is 0 Å². The fourth-order valence-electron chi connectivity index (χ4n) is 2.77. The lowest BCUT2D eigenvalue weighted by atomic mass is 10.0. The summed E-state index contributed by atoms with van der Waals surface area (Å²) in [6.45, 7) is 7.19. The van der Waals surface area contributed by atoms with E-state index in [9.17, 15) is 0 Å². The maximum Gasteiger partial charge on any atom is -0.0174 e. The second kappa shape index (κ2) is 13.6. The minimum atomic E-state index is 0. The van der Waals surface area contributed by atoms with Crippen LogP contribution in [0.3, 0.4) is 0 Å². The number of hydrogen-bond acceptors (Lipinski definition) is 0. The van der Waals surface area contributed by atoms with Crippen molar-refractivity contribution in [2.45, 2.75) is 70.4 Å². The van der Waals surface area contributed by atoms with Crippen LogP contribution >= 0.6 is 20.3 Å². The fraction of sp³-hybridized carbons (Fsp3) is 0.684. The van der Waals surface area contributed by atoms with Crippen molar-refractivity contribution >= 4 is 20.3 Å². The van der Waals surface area contributed by atoms with E-state index < -0.39 is 0 Å². The van der Waals surface area contributed by atoms with Gasteiger partial charge >= 0.3 is 0 Å². The summed E-state index contributed by atoms with van der Waals surface area (Å²) in [7, 11) is 0.182. The van der Waals surface area contributed by atoms with Gasteiger partial charge in [-0.25, -0.2) is 0 Å². The number of rotatable bonds is 11. The Labute approximate surface area is 140 Å². The Kier molecular flexibility index (Phi) is 13.6. The number of unbranched alkanes of at least 4 members (excludes halogenated alkanes) is 6. The van der Waals surface area contributed by atoms with Crippen molar-refractivity contribution in [3.05, 3.63) is 35.9 Å². The van der Waals surface area contributed by atoms with Gasteiger partial charge in [0.15, 0.2) is 0 Å². The lowest BCUT2D eigenvalue weighted by Crippen LogP contribution is -2.09. The van der Waals surface area contributed by atoms with Crippen molar-refractivity contribution in [2.75, 3.05) is 13.3 Å². The lowest BCUT2D eigenvalue weighted by molar-refractivity contribution is 0.567. The normalized spacial score (nSPS) is 12.2. The molecular weight excluding hydrogens is 295 g/mol.